The summed E-state index contributed by atoms with van der Waals surface area (Å²) in [5.41, 5.74) is 2.98. The molecule has 7 heteroatoms. The molecule has 2 aromatic carbocycles. The van der Waals surface area contributed by atoms with Crippen molar-refractivity contribution < 1.29 is 9.59 Å². The van der Waals surface area contributed by atoms with Gasteiger partial charge in [0.15, 0.2) is 0 Å². The highest BCUT2D eigenvalue weighted by atomic mass is 35.5. The van der Waals surface area contributed by atoms with Gasteiger partial charge in [-0.25, -0.2) is 0 Å². The molecule has 1 saturated heterocycles. The van der Waals surface area contributed by atoms with E-state index >= 15 is 0 Å². The van der Waals surface area contributed by atoms with Crippen molar-refractivity contribution in [3.63, 3.8) is 0 Å². The molecule has 0 unspecified atom stereocenters. The van der Waals surface area contributed by atoms with Crippen molar-refractivity contribution in [3.8, 4) is 0 Å². The summed E-state index contributed by atoms with van der Waals surface area (Å²) in [6.45, 7) is 3.12. The Morgan fingerprint density at radius 3 is 2.63 bits per heavy atom. The Bertz CT molecular complexity index is 1170. The Labute approximate surface area is 189 Å². The summed E-state index contributed by atoms with van der Waals surface area (Å²) in [4.78, 5) is 26.8. The van der Waals surface area contributed by atoms with Crippen molar-refractivity contribution in [1.82, 2.24) is 9.47 Å². The van der Waals surface area contributed by atoms with E-state index in [4.69, 9.17) is 23.2 Å². The molecule has 1 fully saturated rings. The van der Waals surface area contributed by atoms with E-state index in [0.29, 0.717) is 28.0 Å². The van der Waals surface area contributed by atoms with Gasteiger partial charge in [-0.2, -0.15) is 0 Å². The number of nitrogens with zero attached hydrogens (tertiary/aromatic N) is 2. The number of halogens is 2. The van der Waals surface area contributed by atoms with Crippen LogP contribution in [0.1, 0.15) is 30.9 Å². The van der Waals surface area contributed by atoms with Gasteiger partial charge in [-0.05, 0) is 48.0 Å². The molecule has 0 spiro atoms. The SMILES string of the molecule is CCCCN1C(=O)S/C(=C\c2cn(Cc3ccc(Cl)c(Cl)c3)c3ccccc23)C1=O. The van der Waals surface area contributed by atoms with Gasteiger partial charge in [0.1, 0.15) is 0 Å². The highest BCUT2D eigenvalue weighted by Crippen LogP contribution is 2.34. The summed E-state index contributed by atoms with van der Waals surface area (Å²) in [7, 11) is 0. The molecule has 0 N–H and O–H groups in total. The minimum absolute atomic E-state index is 0.195. The number of rotatable bonds is 6. The second kappa shape index (κ2) is 8.88. The van der Waals surface area contributed by atoms with E-state index in [9.17, 15) is 9.59 Å². The van der Waals surface area contributed by atoms with Crippen LogP contribution in [0.15, 0.2) is 53.6 Å². The van der Waals surface area contributed by atoms with E-state index in [1.165, 1.54) is 4.90 Å². The van der Waals surface area contributed by atoms with Crippen molar-refractivity contribution in [2.75, 3.05) is 6.54 Å². The zero-order chi connectivity index (χ0) is 21.3. The van der Waals surface area contributed by atoms with Gasteiger partial charge in [0, 0.05) is 35.8 Å². The van der Waals surface area contributed by atoms with Gasteiger partial charge in [0.05, 0.1) is 15.0 Å². The van der Waals surface area contributed by atoms with Crippen LogP contribution in [0.5, 0.6) is 0 Å². The molecule has 1 aromatic heterocycles. The van der Waals surface area contributed by atoms with Crippen LogP contribution in [0.2, 0.25) is 10.0 Å². The Hall–Kier alpha value is -2.21. The number of amides is 2. The first-order valence-electron chi connectivity index (χ1n) is 9.75. The van der Waals surface area contributed by atoms with E-state index in [2.05, 4.69) is 4.57 Å². The van der Waals surface area contributed by atoms with Crippen LogP contribution in [0.3, 0.4) is 0 Å². The Morgan fingerprint density at radius 1 is 1.07 bits per heavy atom. The Morgan fingerprint density at radius 2 is 1.87 bits per heavy atom. The van der Waals surface area contributed by atoms with Crippen molar-refractivity contribution in [2.24, 2.45) is 0 Å². The topological polar surface area (TPSA) is 42.3 Å². The van der Waals surface area contributed by atoms with Crippen LogP contribution < -0.4 is 0 Å². The van der Waals surface area contributed by atoms with E-state index < -0.39 is 0 Å². The van der Waals surface area contributed by atoms with E-state index in [-0.39, 0.29) is 11.1 Å². The number of para-hydroxylation sites is 1. The van der Waals surface area contributed by atoms with Crippen LogP contribution >= 0.6 is 35.0 Å². The summed E-state index contributed by atoms with van der Waals surface area (Å²) in [6, 6.07) is 13.6. The van der Waals surface area contributed by atoms with Gasteiger partial charge in [0.2, 0.25) is 0 Å². The summed E-state index contributed by atoms with van der Waals surface area (Å²) < 4.78 is 2.11. The summed E-state index contributed by atoms with van der Waals surface area (Å²) >= 11 is 13.2. The van der Waals surface area contributed by atoms with Crippen molar-refractivity contribution in [1.29, 1.82) is 0 Å². The number of aromatic nitrogens is 1. The van der Waals surface area contributed by atoms with Crippen molar-refractivity contribution in [2.45, 2.75) is 26.3 Å². The van der Waals surface area contributed by atoms with E-state index in [1.807, 2.05) is 55.6 Å². The number of carbonyl (C=O) groups excluding carboxylic acids is 2. The lowest BCUT2D eigenvalue weighted by Crippen LogP contribution is -2.29. The fourth-order valence-electron chi connectivity index (χ4n) is 3.51. The Kier molecular flexibility index (Phi) is 6.23. The molecule has 2 amide bonds. The number of imide groups is 1. The maximum absolute atomic E-state index is 12.7. The van der Waals surface area contributed by atoms with Crippen molar-refractivity contribution >= 4 is 63.1 Å². The lowest BCUT2D eigenvalue weighted by Gasteiger charge is -2.10. The monoisotopic (exact) mass is 458 g/mol. The van der Waals surface area contributed by atoms with Crippen LogP contribution in [-0.2, 0) is 11.3 Å². The van der Waals surface area contributed by atoms with Crippen LogP contribution in [0, 0.1) is 0 Å². The molecule has 4 rings (SSSR count). The first-order chi connectivity index (χ1) is 14.5. The number of unbranched alkanes of at least 4 members (excludes halogenated alkanes) is 1. The van der Waals surface area contributed by atoms with Gasteiger partial charge < -0.3 is 4.57 Å². The van der Waals surface area contributed by atoms with Crippen molar-refractivity contribution in [3.05, 3.63) is 74.7 Å². The smallest absolute Gasteiger partial charge is 0.293 e. The third-order valence-corrected chi connectivity index (χ3v) is 6.70. The summed E-state index contributed by atoms with van der Waals surface area (Å²) in [5.74, 6) is -0.209. The molecule has 0 aliphatic carbocycles. The molecule has 30 heavy (non-hydrogen) atoms. The van der Waals surface area contributed by atoms with Crippen LogP contribution in [0.25, 0.3) is 17.0 Å². The highest BCUT2D eigenvalue weighted by molar-refractivity contribution is 8.18. The average Bonchev–Trinajstić information content (AvgIpc) is 3.20. The number of benzene rings is 2. The van der Waals surface area contributed by atoms with Gasteiger partial charge >= 0.3 is 0 Å². The normalized spacial score (nSPS) is 15.7. The van der Waals surface area contributed by atoms with E-state index in [0.717, 1.165) is 46.6 Å². The Balaban J connectivity index is 1.69. The number of thioether (sulfide) groups is 1. The van der Waals surface area contributed by atoms with Gasteiger partial charge in [-0.3, -0.25) is 14.5 Å². The third kappa shape index (κ3) is 4.15. The zero-order valence-corrected chi connectivity index (χ0v) is 18.7. The standard InChI is InChI=1S/C23H20Cl2N2O2S/c1-2-3-10-27-22(28)21(30-23(27)29)12-16-14-26(20-7-5-4-6-17(16)20)13-15-8-9-18(24)19(25)11-15/h4-9,11-12,14H,2-3,10,13H2,1H3/b21-12-. The maximum atomic E-state index is 12.7. The minimum Gasteiger partial charge on any atom is -0.342 e. The summed E-state index contributed by atoms with van der Waals surface area (Å²) in [5, 5.41) is 1.88. The molecule has 154 valence electrons. The number of carbonyl (C=O) groups is 2. The number of fused-ring (bicyclic) bond motifs is 1. The fourth-order valence-corrected chi connectivity index (χ4v) is 4.68. The molecule has 1 aliphatic heterocycles. The van der Waals surface area contributed by atoms with Gasteiger partial charge in [-0.15, -0.1) is 0 Å². The first-order valence-corrected chi connectivity index (χ1v) is 11.3. The predicted octanol–water partition coefficient (Wildman–Crippen LogP) is 6.83. The second-order valence-corrected chi connectivity index (χ2v) is 8.97. The number of hydrogen-bond acceptors (Lipinski definition) is 3. The maximum Gasteiger partial charge on any atom is 0.293 e. The summed E-state index contributed by atoms with van der Waals surface area (Å²) in [6.07, 6.45) is 5.58. The number of hydrogen-bond donors (Lipinski definition) is 0. The average molecular weight is 459 g/mol. The second-order valence-electron chi connectivity index (χ2n) is 7.16. The molecule has 1 aliphatic rings. The largest absolute Gasteiger partial charge is 0.342 e. The van der Waals surface area contributed by atoms with Crippen LogP contribution in [0.4, 0.5) is 4.79 Å². The quantitative estimate of drug-likeness (QED) is 0.380. The molecular formula is C23H20Cl2N2O2S. The molecule has 0 radical (unpaired) electrons. The van der Waals surface area contributed by atoms with Gasteiger partial charge in [0.25, 0.3) is 11.1 Å². The molecule has 3 aromatic rings. The molecule has 0 bridgehead atoms. The molecule has 4 nitrogen and oxygen atoms in total. The lowest BCUT2D eigenvalue weighted by molar-refractivity contribution is -0.122. The molecule has 0 saturated carbocycles. The predicted molar refractivity (Wildman–Crippen MR) is 125 cm³/mol. The third-order valence-electron chi connectivity index (χ3n) is 5.05. The lowest BCUT2D eigenvalue weighted by atomic mass is 10.1. The van der Waals surface area contributed by atoms with Crippen LogP contribution in [-0.4, -0.2) is 27.2 Å². The van der Waals surface area contributed by atoms with E-state index in [1.54, 1.807) is 6.07 Å². The molecule has 2 heterocycles. The van der Waals surface area contributed by atoms with Gasteiger partial charge in [-0.1, -0.05) is 60.8 Å². The zero-order valence-electron chi connectivity index (χ0n) is 16.4. The first kappa shape index (κ1) is 21.0. The fraction of sp³-hybridized carbons (Fsp3) is 0.217. The molecular weight excluding hydrogens is 439 g/mol. The highest BCUT2D eigenvalue weighted by Gasteiger charge is 2.34. The minimum atomic E-state index is -0.209. The molecule has 0 atom stereocenters.